The third-order valence-electron chi connectivity index (χ3n) is 3.47. The standard InChI is InChI=1S/C16H30O5Si/c1-6-7-14-16(20-11-15(17)21-14)13(2)10-19-12-18-8-9-22(3,4)5/h6-7,13-14,16H,8-12H2,1-5H3/b7-6+/t13-,14+,16-/m0/s1. The highest BCUT2D eigenvalue weighted by atomic mass is 28.3. The number of hydrogen-bond acceptors (Lipinski definition) is 5. The Morgan fingerprint density at radius 2 is 2.09 bits per heavy atom. The Kier molecular flexibility index (Phi) is 8.31. The molecule has 3 atom stereocenters. The second-order valence-corrected chi connectivity index (χ2v) is 12.6. The molecule has 1 saturated heterocycles. The van der Waals surface area contributed by atoms with Gasteiger partial charge in [-0.25, -0.2) is 4.79 Å². The maximum Gasteiger partial charge on any atom is 0.332 e. The van der Waals surface area contributed by atoms with E-state index in [0.717, 1.165) is 12.7 Å². The highest BCUT2D eigenvalue weighted by molar-refractivity contribution is 6.76. The number of carbonyl (C=O) groups excluding carboxylic acids is 1. The summed E-state index contributed by atoms with van der Waals surface area (Å²) in [6.45, 7) is 12.5. The van der Waals surface area contributed by atoms with Gasteiger partial charge in [0, 0.05) is 20.6 Å². The molecule has 0 N–H and O–H groups in total. The topological polar surface area (TPSA) is 54.0 Å². The molecule has 1 fully saturated rings. The van der Waals surface area contributed by atoms with Crippen molar-refractivity contribution in [3.63, 3.8) is 0 Å². The van der Waals surface area contributed by atoms with Crippen molar-refractivity contribution in [2.75, 3.05) is 26.6 Å². The van der Waals surface area contributed by atoms with Gasteiger partial charge in [0.05, 0.1) is 6.61 Å². The lowest BCUT2D eigenvalue weighted by Crippen LogP contribution is -2.45. The number of rotatable bonds is 9. The minimum Gasteiger partial charge on any atom is -0.454 e. The van der Waals surface area contributed by atoms with Crippen LogP contribution >= 0.6 is 0 Å². The van der Waals surface area contributed by atoms with Crippen LogP contribution in [0.25, 0.3) is 0 Å². The number of cyclic esters (lactones) is 1. The Labute approximate surface area is 135 Å². The minimum absolute atomic E-state index is 0.00969. The van der Waals surface area contributed by atoms with Gasteiger partial charge in [-0.2, -0.15) is 0 Å². The van der Waals surface area contributed by atoms with Gasteiger partial charge in [0.15, 0.2) is 0 Å². The monoisotopic (exact) mass is 330 g/mol. The van der Waals surface area contributed by atoms with Crippen LogP contribution in [0.3, 0.4) is 0 Å². The fraction of sp³-hybridized carbons (Fsp3) is 0.812. The highest BCUT2D eigenvalue weighted by Crippen LogP contribution is 2.20. The van der Waals surface area contributed by atoms with Gasteiger partial charge >= 0.3 is 5.97 Å². The summed E-state index contributed by atoms with van der Waals surface area (Å²) in [5.41, 5.74) is 0. The minimum atomic E-state index is -1.05. The first-order valence-corrected chi connectivity index (χ1v) is 11.6. The van der Waals surface area contributed by atoms with Crippen molar-refractivity contribution >= 4 is 14.0 Å². The van der Waals surface area contributed by atoms with Crippen LogP contribution in [0, 0.1) is 5.92 Å². The van der Waals surface area contributed by atoms with Crippen LogP contribution in [0.2, 0.25) is 25.7 Å². The molecule has 6 heteroatoms. The average Bonchev–Trinajstić information content (AvgIpc) is 2.42. The lowest BCUT2D eigenvalue weighted by Gasteiger charge is -2.33. The third kappa shape index (κ3) is 7.53. The molecule has 22 heavy (non-hydrogen) atoms. The van der Waals surface area contributed by atoms with Crippen molar-refractivity contribution < 1.29 is 23.7 Å². The van der Waals surface area contributed by atoms with Gasteiger partial charge in [0.25, 0.3) is 0 Å². The van der Waals surface area contributed by atoms with E-state index in [1.807, 2.05) is 26.0 Å². The fourth-order valence-electron chi connectivity index (χ4n) is 2.16. The molecule has 5 nitrogen and oxygen atoms in total. The van der Waals surface area contributed by atoms with Gasteiger partial charge < -0.3 is 18.9 Å². The number of carbonyl (C=O) groups is 1. The van der Waals surface area contributed by atoms with Crippen molar-refractivity contribution in [2.24, 2.45) is 5.92 Å². The van der Waals surface area contributed by atoms with Crippen molar-refractivity contribution in [3.8, 4) is 0 Å². The van der Waals surface area contributed by atoms with E-state index < -0.39 is 8.07 Å². The molecule has 0 aromatic heterocycles. The Morgan fingerprint density at radius 3 is 2.73 bits per heavy atom. The summed E-state index contributed by atoms with van der Waals surface area (Å²) in [5.74, 6) is -0.197. The van der Waals surface area contributed by atoms with Gasteiger partial charge in [0.2, 0.25) is 0 Å². The quantitative estimate of drug-likeness (QED) is 0.214. The Bertz CT molecular complexity index is 364. The molecule has 128 valence electrons. The SMILES string of the molecule is C/C=C/[C@H]1OC(=O)CO[C@H]1[C@@H](C)COCOCC[Si](C)(C)C. The molecular weight excluding hydrogens is 300 g/mol. The van der Waals surface area contributed by atoms with Crippen molar-refractivity contribution in [1.82, 2.24) is 0 Å². The molecule has 1 rings (SSSR count). The molecule has 0 aromatic carbocycles. The summed E-state index contributed by atoms with van der Waals surface area (Å²) in [7, 11) is -1.05. The van der Waals surface area contributed by atoms with E-state index in [1.165, 1.54) is 0 Å². The zero-order chi connectivity index (χ0) is 16.6. The first-order valence-electron chi connectivity index (χ1n) is 7.93. The maximum atomic E-state index is 11.3. The average molecular weight is 330 g/mol. The van der Waals surface area contributed by atoms with Crippen molar-refractivity contribution in [1.29, 1.82) is 0 Å². The summed E-state index contributed by atoms with van der Waals surface area (Å²) < 4.78 is 22.0. The molecule has 0 radical (unpaired) electrons. The zero-order valence-electron chi connectivity index (χ0n) is 14.5. The van der Waals surface area contributed by atoms with Crippen molar-refractivity contribution in [2.45, 2.75) is 51.7 Å². The molecule has 0 amide bonds. The zero-order valence-corrected chi connectivity index (χ0v) is 15.5. The van der Waals surface area contributed by atoms with Crippen LogP contribution in [0.15, 0.2) is 12.2 Å². The third-order valence-corrected chi connectivity index (χ3v) is 5.18. The Balaban J connectivity index is 2.26. The molecule has 0 saturated carbocycles. The smallest absolute Gasteiger partial charge is 0.332 e. The lowest BCUT2D eigenvalue weighted by molar-refractivity contribution is -0.186. The van der Waals surface area contributed by atoms with E-state index in [9.17, 15) is 4.79 Å². The molecule has 0 bridgehead atoms. The number of allylic oxidation sites excluding steroid dienone is 1. The molecule has 0 spiro atoms. The van der Waals surface area contributed by atoms with E-state index in [1.54, 1.807) is 0 Å². The van der Waals surface area contributed by atoms with Gasteiger partial charge in [-0.1, -0.05) is 32.6 Å². The molecule has 1 aliphatic rings. The number of ether oxygens (including phenoxy) is 4. The Hall–Kier alpha value is -0.693. The van der Waals surface area contributed by atoms with E-state index in [4.69, 9.17) is 18.9 Å². The van der Waals surface area contributed by atoms with Crippen LogP contribution in [0.5, 0.6) is 0 Å². The fourth-order valence-corrected chi connectivity index (χ4v) is 2.92. The predicted octanol–water partition coefficient (Wildman–Crippen LogP) is 2.84. The molecule has 1 aliphatic heterocycles. The second kappa shape index (κ2) is 9.45. The highest BCUT2D eigenvalue weighted by Gasteiger charge is 2.33. The summed E-state index contributed by atoms with van der Waals surface area (Å²) in [4.78, 5) is 11.3. The maximum absolute atomic E-state index is 11.3. The Morgan fingerprint density at radius 1 is 1.36 bits per heavy atom. The van der Waals surface area contributed by atoms with E-state index >= 15 is 0 Å². The van der Waals surface area contributed by atoms with Crippen LogP contribution in [0.4, 0.5) is 0 Å². The molecule has 0 unspecified atom stereocenters. The van der Waals surface area contributed by atoms with Gasteiger partial charge in [-0.05, 0) is 19.0 Å². The van der Waals surface area contributed by atoms with E-state index in [0.29, 0.717) is 13.4 Å². The second-order valence-electron chi connectivity index (χ2n) is 6.94. The van der Waals surface area contributed by atoms with Gasteiger partial charge in [-0.3, -0.25) is 0 Å². The number of esters is 1. The lowest BCUT2D eigenvalue weighted by atomic mass is 9.99. The molecular formula is C16H30O5Si. The van der Waals surface area contributed by atoms with Crippen LogP contribution in [-0.4, -0.2) is 52.9 Å². The first-order chi connectivity index (χ1) is 10.3. The summed E-state index contributed by atoms with van der Waals surface area (Å²) >= 11 is 0. The molecule has 0 aliphatic carbocycles. The van der Waals surface area contributed by atoms with E-state index in [-0.39, 0.29) is 30.7 Å². The first kappa shape index (κ1) is 19.4. The summed E-state index contributed by atoms with van der Waals surface area (Å²) in [5, 5.41) is 0. The van der Waals surface area contributed by atoms with E-state index in [2.05, 4.69) is 19.6 Å². The van der Waals surface area contributed by atoms with Crippen LogP contribution < -0.4 is 0 Å². The predicted molar refractivity (Wildman–Crippen MR) is 88.5 cm³/mol. The normalized spacial score (nSPS) is 24.5. The summed E-state index contributed by atoms with van der Waals surface area (Å²) in [6, 6.07) is 1.14. The van der Waals surface area contributed by atoms with Crippen LogP contribution in [-0.2, 0) is 23.7 Å². The summed E-state index contributed by atoms with van der Waals surface area (Å²) in [6.07, 6.45) is 3.21. The number of hydrogen-bond donors (Lipinski definition) is 0. The largest absolute Gasteiger partial charge is 0.454 e. The van der Waals surface area contributed by atoms with Gasteiger partial charge in [-0.15, -0.1) is 0 Å². The van der Waals surface area contributed by atoms with Gasteiger partial charge in [0.1, 0.15) is 25.6 Å². The van der Waals surface area contributed by atoms with Crippen molar-refractivity contribution in [3.05, 3.63) is 12.2 Å². The molecule has 1 heterocycles. The molecule has 0 aromatic rings. The van der Waals surface area contributed by atoms with Crippen LogP contribution in [0.1, 0.15) is 13.8 Å².